The molecular weight excluding hydrogens is 252 g/mol. The summed E-state index contributed by atoms with van der Waals surface area (Å²) in [7, 11) is 0. The molecule has 1 atom stereocenters. The van der Waals surface area contributed by atoms with Gasteiger partial charge in [0, 0.05) is 4.48 Å². The van der Waals surface area contributed by atoms with Gasteiger partial charge in [-0.25, -0.2) is 10.2 Å². The molecule has 0 aromatic rings. The first-order chi connectivity index (χ1) is 6.59. The average Bonchev–Trinajstić information content (AvgIpc) is 2.48. The molecule has 14 heavy (non-hydrogen) atoms. The monoisotopic (exact) mass is 256 g/mol. The molecule has 2 rings (SSSR count). The van der Waals surface area contributed by atoms with Crippen LogP contribution in [-0.2, 0) is 9.59 Å². The topological polar surface area (TPSA) is 78.8 Å². The zero-order valence-electron chi connectivity index (χ0n) is 6.82. The van der Waals surface area contributed by atoms with Gasteiger partial charge < -0.3 is 5.11 Å². The molecule has 6 heteroatoms. The molecule has 1 unspecified atom stereocenters. The number of hydrogen-bond donors (Lipinski definition) is 2. The molecule has 1 aliphatic carbocycles. The van der Waals surface area contributed by atoms with E-state index in [1.54, 1.807) is 0 Å². The minimum atomic E-state index is -1.04. The molecule has 2 aliphatic rings. The molecule has 0 saturated carbocycles. The van der Waals surface area contributed by atoms with E-state index in [2.05, 4.69) is 26.5 Å². The third-order valence-corrected chi connectivity index (χ3v) is 2.66. The van der Waals surface area contributed by atoms with Crippen molar-refractivity contribution in [2.75, 3.05) is 0 Å². The van der Waals surface area contributed by atoms with Crippen molar-refractivity contribution in [1.82, 2.24) is 5.43 Å². The molecule has 5 nitrogen and oxygen atoms in total. The number of allylic oxidation sites excluding steroid dienone is 1. The lowest BCUT2D eigenvalue weighted by Gasteiger charge is -2.12. The van der Waals surface area contributed by atoms with E-state index in [0.717, 1.165) is 0 Å². The predicted octanol–water partition coefficient (Wildman–Crippen LogP) is 0.392. The number of carbonyl (C=O) groups is 2. The second-order valence-corrected chi connectivity index (χ2v) is 3.80. The molecule has 2 N–H and O–H groups in total. The Bertz CT molecular complexity index is 422. The van der Waals surface area contributed by atoms with Crippen molar-refractivity contribution in [3.8, 4) is 0 Å². The zero-order chi connectivity index (χ0) is 10.3. The lowest BCUT2D eigenvalue weighted by Crippen LogP contribution is -2.25. The van der Waals surface area contributed by atoms with Crippen LogP contribution in [0.3, 0.4) is 0 Å². The van der Waals surface area contributed by atoms with Gasteiger partial charge in [0.05, 0.1) is 11.3 Å². The Kier molecular flexibility index (Phi) is 1.99. The first-order valence-corrected chi connectivity index (χ1v) is 4.58. The van der Waals surface area contributed by atoms with E-state index in [-0.39, 0.29) is 11.5 Å². The molecule has 0 radical (unpaired) electrons. The molecular formula is C8H5BrN2O3. The predicted molar refractivity (Wildman–Crippen MR) is 51.8 cm³/mol. The van der Waals surface area contributed by atoms with Gasteiger partial charge in [0.25, 0.3) is 5.91 Å². The summed E-state index contributed by atoms with van der Waals surface area (Å²) in [4.78, 5) is 21.9. The smallest absolute Gasteiger partial charge is 0.335 e. The van der Waals surface area contributed by atoms with Crippen molar-refractivity contribution >= 4 is 33.5 Å². The number of fused-ring (bicyclic) bond motifs is 1. The molecule has 1 aliphatic heterocycles. The van der Waals surface area contributed by atoms with E-state index in [1.807, 2.05) is 0 Å². The van der Waals surface area contributed by atoms with Crippen molar-refractivity contribution in [2.24, 2.45) is 11.0 Å². The summed E-state index contributed by atoms with van der Waals surface area (Å²) >= 11 is 3.16. The minimum Gasteiger partial charge on any atom is -0.478 e. The van der Waals surface area contributed by atoms with Crippen molar-refractivity contribution in [3.05, 3.63) is 22.2 Å². The highest BCUT2D eigenvalue weighted by Crippen LogP contribution is 2.29. The van der Waals surface area contributed by atoms with Crippen LogP contribution in [0.4, 0.5) is 0 Å². The summed E-state index contributed by atoms with van der Waals surface area (Å²) < 4.78 is 0.520. The fraction of sp³-hybridized carbons (Fsp3) is 0.125. The Morgan fingerprint density at radius 1 is 1.57 bits per heavy atom. The molecule has 0 aromatic carbocycles. The number of amides is 1. The lowest BCUT2D eigenvalue weighted by atomic mass is 9.95. The second-order valence-electron chi connectivity index (χ2n) is 2.88. The maximum Gasteiger partial charge on any atom is 0.335 e. The number of nitrogens with one attached hydrogen (secondary N) is 1. The largest absolute Gasteiger partial charge is 0.478 e. The summed E-state index contributed by atoms with van der Waals surface area (Å²) in [5.74, 6) is -1.77. The number of aliphatic carboxylic acids is 1. The third-order valence-electron chi connectivity index (χ3n) is 1.97. The van der Waals surface area contributed by atoms with Crippen LogP contribution in [0.1, 0.15) is 0 Å². The fourth-order valence-electron chi connectivity index (χ4n) is 1.32. The van der Waals surface area contributed by atoms with E-state index in [0.29, 0.717) is 10.2 Å². The van der Waals surface area contributed by atoms with E-state index >= 15 is 0 Å². The Balaban J connectivity index is 2.44. The minimum absolute atomic E-state index is 0.114. The van der Waals surface area contributed by atoms with Crippen LogP contribution in [0, 0.1) is 5.92 Å². The highest BCUT2D eigenvalue weighted by atomic mass is 79.9. The maximum atomic E-state index is 11.2. The molecule has 72 valence electrons. The van der Waals surface area contributed by atoms with Crippen molar-refractivity contribution in [3.63, 3.8) is 0 Å². The van der Waals surface area contributed by atoms with Crippen molar-refractivity contribution < 1.29 is 14.7 Å². The second kappa shape index (κ2) is 3.06. The SMILES string of the molecule is O=C(O)C1=CC2=NNC(=O)C2C(Br)=C1. The average molecular weight is 257 g/mol. The van der Waals surface area contributed by atoms with Gasteiger partial charge in [-0.2, -0.15) is 5.10 Å². The molecule has 0 bridgehead atoms. The number of nitrogens with zero attached hydrogens (tertiary/aromatic N) is 1. The first-order valence-electron chi connectivity index (χ1n) is 3.79. The normalized spacial score (nSPS) is 24.5. The van der Waals surface area contributed by atoms with Gasteiger partial charge in [-0.3, -0.25) is 4.79 Å². The van der Waals surface area contributed by atoms with Crippen LogP contribution < -0.4 is 5.43 Å². The number of halogens is 1. The lowest BCUT2D eigenvalue weighted by molar-refractivity contribution is -0.132. The van der Waals surface area contributed by atoms with E-state index in [1.165, 1.54) is 12.2 Å². The van der Waals surface area contributed by atoms with Crippen LogP contribution in [0.5, 0.6) is 0 Å². The van der Waals surface area contributed by atoms with E-state index < -0.39 is 11.9 Å². The summed E-state index contributed by atoms with van der Waals surface area (Å²) in [5.41, 5.74) is 2.84. The Morgan fingerprint density at radius 2 is 2.29 bits per heavy atom. The van der Waals surface area contributed by atoms with Gasteiger partial charge in [-0.05, 0) is 12.2 Å². The van der Waals surface area contributed by atoms with Gasteiger partial charge in [-0.15, -0.1) is 0 Å². The summed E-state index contributed by atoms with van der Waals surface area (Å²) in [5, 5.41) is 12.5. The fourth-order valence-corrected chi connectivity index (χ4v) is 2.01. The first kappa shape index (κ1) is 9.14. The highest BCUT2D eigenvalue weighted by Gasteiger charge is 2.34. The molecule has 1 heterocycles. The van der Waals surface area contributed by atoms with Crippen molar-refractivity contribution in [1.29, 1.82) is 0 Å². The van der Waals surface area contributed by atoms with Gasteiger partial charge in [-0.1, -0.05) is 15.9 Å². The van der Waals surface area contributed by atoms with Crippen LogP contribution in [-0.4, -0.2) is 22.7 Å². The number of carboxylic acids is 1. The van der Waals surface area contributed by atoms with E-state index in [4.69, 9.17) is 5.11 Å². The molecule has 0 spiro atoms. The number of hydrogen-bond acceptors (Lipinski definition) is 3. The number of carbonyl (C=O) groups excluding carboxylic acids is 1. The number of carboxylic acid groups (broad SMARTS) is 1. The van der Waals surface area contributed by atoms with Gasteiger partial charge >= 0.3 is 5.97 Å². The van der Waals surface area contributed by atoms with Gasteiger partial charge in [0.15, 0.2) is 0 Å². The van der Waals surface area contributed by atoms with Crippen LogP contribution in [0.2, 0.25) is 0 Å². The zero-order valence-corrected chi connectivity index (χ0v) is 8.41. The van der Waals surface area contributed by atoms with Gasteiger partial charge in [0.2, 0.25) is 0 Å². The molecule has 0 saturated heterocycles. The number of hydrazone groups is 1. The van der Waals surface area contributed by atoms with Crippen molar-refractivity contribution in [2.45, 2.75) is 0 Å². The van der Waals surface area contributed by atoms with Crippen LogP contribution in [0.15, 0.2) is 27.3 Å². The summed E-state index contributed by atoms with van der Waals surface area (Å²) in [6.45, 7) is 0. The number of rotatable bonds is 1. The highest BCUT2D eigenvalue weighted by molar-refractivity contribution is 9.11. The third kappa shape index (κ3) is 1.27. The Morgan fingerprint density at radius 3 is 2.93 bits per heavy atom. The molecule has 1 amide bonds. The maximum absolute atomic E-state index is 11.2. The molecule has 0 fully saturated rings. The summed E-state index contributed by atoms with van der Waals surface area (Å²) in [6, 6.07) is 0. The van der Waals surface area contributed by atoms with E-state index in [9.17, 15) is 9.59 Å². The Hall–Kier alpha value is -1.43. The Labute approximate surface area is 87.3 Å². The quantitative estimate of drug-likeness (QED) is 0.713. The van der Waals surface area contributed by atoms with Crippen LogP contribution >= 0.6 is 15.9 Å². The standard InChI is InChI=1S/C8H5BrN2O3/c9-4-1-3(8(13)14)2-5-6(4)7(12)11-10-5/h1-2,6H,(H,11,12)(H,13,14). The molecule has 0 aromatic heterocycles. The van der Waals surface area contributed by atoms with Gasteiger partial charge in [0.1, 0.15) is 5.92 Å². The summed E-state index contributed by atoms with van der Waals surface area (Å²) in [6.07, 6.45) is 2.80. The van der Waals surface area contributed by atoms with Crippen LogP contribution in [0.25, 0.3) is 0 Å².